The molecule has 0 aromatic rings. The molecule has 3 atom stereocenters. The van der Waals surface area contributed by atoms with E-state index in [1.54, 1.807) is 0 Å². The van der Waals surface area contributed by atoms with Gasteiger partial charge < -0.3 is 10.2 Å². The lowest BCUT2D eigenvalue weighted by molar-refractivity contribution is -0.0391. The minimum absolute atomic E-state index is 0.286. The zero-order valence-corrected chi connectivity index (χ0v) is 5.75. The average Bonchev–Trinajstić information content (AvgIpc) is 1.83. The van der Waals surface area contributed by atoms with Crippen LogP contribution in [0.15, 0.2) is 0 Å². The van der Waals surface area contributed by atoms with E-state index in [0.717, 1.165) is 19.3 Å². The third-order valence-electron chi connectivity index (χ3n) is 2.14. The van der Waals surface area contributed by atoms with Crippen LogP contribution in [0.5, 0.6) is 0 Å². The quantitative estimate of drug-likeness (QED) is 0.502. The van der Waals surface area contributed by atoms with Crippen molar-refractivity contribution < 1.29 is 10.2 Å². The molecule has 1 aliphatic carbocycles. The van der Waals surface area contributed by atoms with Crippen molar-refractivity contribution in [2.24, 2.45) is 5.92 Å². The molecule has 2 unspecified atom stereocenters. The molecule has 1 aliphatic rings. The van der Waals surface area contributed by atoms with Gasteiger partial charge in [0.2, 0.25) is 0 Å². The summed E-state index contributed by atoms with van der Waals surface area (Å²) >= 11 is 0. The summed E-state index contributed by atoms with van der Waals surface area (Å²) in [6, 6.07) is 0. The molecule has 2 nitrogen and oxygen atoms in total. The van der Waals surface area contributed by atoms with Crippen LogP contribution in [0.2, 0.25) is 0 Å². The highest BCUT2D eigenvalue weighted by molar-refractivity contribution is 4.78. The Morgan fingerprint density at radius 3 is 2.33 bits per heavy atom. The second-order valence-electron chi connectivity index (χ2n) is 2.97. The molecule has 2 heteroatoms. The zero-order valence-electron chi connectivity index (χ0n) is 5.75. The van der Waals surface area contributed by atoms with E-state index < -0.39 is 12.2 Å². The minimum atomic E-state index is -0.473. The molecular formula is C7H14O2. The molecule has 0 aromatic heterocycles. The molecular weight excluding hydrogens is 116 g/mol. The molecule has 1 fully saturated rings. The van der Waals surface area contributed by atoms with E-state index in [0.29, 0.717) is 0 Å². The largest absolute Gasteiger partial charge is 0.390 e. The first-order chi connectivity index (χ1) is 4.22. The van der Waals surface area contributed by atoms with Crippen molar-refractivity contribution in [1.82, 2.24) is 0 Å². The number of hydrogen-bond acceptors (Lipinski definition) is 2. The molecule has 0 saturated heterocycles. The second-order valence-corrected chi connectivity index (χ2v) is 2.97. The maximum absolute atomic E-state index is 9.20. The Hall–Kier alpha value is -0.0800. The van der Waals surface area contributed by atoms with Crippen LogP contribution in [0.3, 0.4) is 0 Å². The monoisotopic (exact) mass is 130 g/mol. The normalized spacial score (nSPS) is 45.0. The lowest BCUT2D eigenvalue weighted by Gasteiger charge is -2.28. The summed E-state index contributed by atoms with van der Waals surface area (Å²) in [7, 11) is 0. The number of hydrogen-bond donors (Lipinski definition) is 2. The van der Waals surface area contributed by atoms with Gasteiger partial charge in [0.25, 0.3) is 0 Å². The van der Waals surface area contributed by atoms with Crippen LogP contribution >= 0.6 is 0 Å². The Morgan fingerprint density at radius 1 is 1.22 bits per heavy atom. The van der Waals surface area contributed by atoms with E-state index in [1.165, 1.54) is 0 Å². The fourth-order valence-electron chi connectivity index (χ4n) is 1.37. The topological polar surface area (TPSA) is 40.5 Å². The summed E-state index contributed by atoms with van der Waals surface area (Å²) in [5.74, 6) is 0.286. The Kier molecular flexibility index (Phi) is 2.09. The van der Waals surface area contributed by atoms with Crippen LogP contribution in [-0.4, -0.2) is 22.4 Å². The van der Waals surface area contributed by atoms with Crippen molar-refractivity contribution >= 4 is 0 Å². The van der Waals surface area contributed by atoms with Crippen molar-refractivity contribution in [1.29, 1.82) is 0 Å². The Morgan fingerprint density at radius 2 is 1.89 bits per heavy atom. The van der Waals surface area contributed by atoms with Gasteiger partial charge >= 0.3 is 0 Å². The van der Waals surface area contributed by atoms with Crippen LogP contribution in [0.25, 0.3) is 0 Å². The SMILES string of the molecule is CC1CCC[C@H](O)C1O. The highest BCUT2D eigenvalue weighted by atomic mass is 16.3. The maximum Gasteiger partial charge on any atom is 0.0824 e. The molecule has 54 valence electrons. The molecule has 2 N–H and O–H groups in total. The molecule has 9 heavy (non-hydrogen) atoms. The van der Waals surface area contributed by atoms with Gasteiger partial charge in [-0.1, -0.05) is 13.3 Å². The third kappa shape index (κ3) is 1.43. The smallest absolute Gasteiger partial charge is 0.0824 e. The van der Waals surface area contributed by atoms with Crippen molar-refractivity contribution in [2.75, 3.05) is 0 Å². The van der Waals surface area contributed by atoms with Gasteiger partial charge in [0.15, 0.2) is 0 Å². The molecule has 0 amide bonds. The maximum atomic E-state index is 9.20. The van der Waals surface area contributed by atoms with Crippen molar-refractivity contribution in [3.8, 4) is 0 Å². The number of aliphatic hydroxyl groups is 2. The highest BCUT2D eigenvalue weighted by Crippen LogP contribution is 2.23. The molecule has 1 rings (SSSR count). The van der Waals surface area contributed by atoms with Gasteiger partial charge in [0.05, 0.1) is 12.2 Å². The van der Waals surface area contributed by atoms with Gasteiger partial charge in [-0.25, -0.2) is 0 Å². The fraction of sp³-hybridized carbons (Fsp3) is 1.00. The Labute approximate surface area is 55.5 Å². The van der Waals surface area contributed by atoms with E-state index in [4.69, 9.17) is 5.11 Å². The first-order valence-corrected chi connectivity index (χ1v) is 3.58. The standard InChI is InChI=1S/C7H14O2/c1-5-3-2-4-6(8)7(5)9/h5-9H,2-4H2,1H3/t5?,6-,7?/m0/s1. The van der Waals surface area contributed by atoms with Gasteiger partial charge in [0, 0.05) is 0 Å². The molecule has 1 saturated carbocycles. The third-order valence-corrected chi connectivity index (χ3v) is 2.14. The molecule has 0 aliphatic heterocycles. The van der Waals surface area contributed by atoms with E-state index in [2.05, 4.69) is 0 Å². The summed E-state index contributed by atoms with van der Waals surface area (Å²) < 4.78 is 0. The van der Waals surface area contributed by atoms with Gasteiger partial charge in [-0.15, -0.1) is 0 Å². The molecule has 0 radical (unpaired) electrons. The van der Waals surface area contributed by atoms with E-state index in [1.807, 2.05) is 6.92 Å². The predicted octanol–water partition coefficient (Wildman–Crippen LogP) is 0.528. The zero-order chi connectivity index (χ0) is 6.85. The van der Waals surface area contributed by atoms with Crippen molar-refractivity contribution in [2.45, 2.75) is 38.4 Å². The summed E-state index contributed by atoms with van der Waals surface area (Å²) in [6.07, 6.45) is 1.94. The van der Waals surface area contributed by atoms with Gasteiger partial charge in [-0.2, -0.15) is 0 Å². The van der Waals surface area contributed by atoms with Gasteiger partial charge in [-0.05, 0) is 18.8 Å². The van der Waals surface area contributed by atoms with E-state index in [9.17, 15) is 5.11 Å². The fourth-order valence-corrected chi connectivity index (χ4v) is 1.37. The summed E-state index contributed by atoms with van der Waals surface area (Å²) in [5.41, 5.74) is 0. The predicted molar refractivity (Wildman–Crippen MR) is 35.0 cm³/mol. The van der Waals surface area contributed by atoms with Gasteiger partial charge in [0.1, 0.15) is 0 Å². The first kappa shape index (κ1) is 7.03. The number of aliphatic hydroxyl groups excluding tert-OH is 2. The van der Waals surface area contributed by atoms with Crippen LogP contribution in [0.1, 0.15) is 26.2 Å². The molecule has 0 bridgehead atoms. The summed E-state index contributed by atoms with van der Waals surface area (Å²) in [4.78, 5) is 0. The van der Waals surface area contributed by atoms with Crippen LogP contribution in [0.4, 0.5) is 0 Å². The van der Waals surface area contributed by atoms with Crippen molar-refractivity contribution in [3.05, 3.63) is 0 Å². The van der Waals surface area contributed by atoms with Crippen LogP contribution < -0.4 is 0 Å². The molecule has 0 aromatic carbocycles. The minimum Gasteiger partial charge on any atom is -0.390 e. The Balaban J connectivity index is 2.41. The molecule has 0 spiro atoms. The average molecular weight is 130 g/mol. The lowest BCUT2D eigenvalue weighted by Crippen LogP contribution is -2.35. The summed E-state index contributed by atoms with van der Waals surface area (Å²) in [6.45, 7) is 1.98. The van der Waals surface area contributed by atoms with Crippen LogP contribution in [-0.2, 0) is 0 Å². The summed E-state index contributed by atoms with van der Waals surface area (Å²) in [5, 5.41) is 18.3. The van der Waals surface area contributed by atoms with Crippen LogP contribution in [0, 0.1) is 5.92 Å². The van der Waals surface area contributed by atoms with Gasteiger partial charge in [-0.3, -0.25) is 0 Å². The van der Waals surface area contributed by atoms with E-state index >= 15 is 0 Å². The first-order valence-electron chi connectivity index (χ1n) is 3.58. The highest BCUT2D eigenvalue weighted by Gasteiger charge is 2.26. The van der Waals surface area contributed by atoms with Crippen molar-refractivity contribution in [3.63, 3.8) is 0 Å². The Bertz CT molecular complexity index is 82.9. The van der Waals surface area contributed by atoms with E-state index in [-0.39, 0.29) is 5.92 Å². The second kappa shape index (κ2) is 2.67. The molecule has 0 heterocycles. The lowest BCUT2D eigenvalue weighted by atomic mass is 9.86. The number of rotatable bonds is 0.